The van der Waals surface area contributed by atoms with Crippen molar-refractivity contribution in [1.29, 1.82) is 0 Å². The van der Waals surface area contributed by atoms with Crippen molar-refractivity contribution in [2.75, 3.05) is 77.1 Å². The van der Waals surface area contributed by atoms with Crippen LogP contribution in [0, 0.1) is 0 Å². The van der Waals surface area contributed by atoms with Crippen LogP contribution in [-0.2, 0) is 15.0 Å². The molecule has 0 bridgehead atoms. The third-order valence-electron chi connectivity index (χ3n) is 7.25. The molecule has 41 heavy (non-hydrogen) atoms. The van der Waals surface area contributed by atoms with E-state index in [4.69, 9.17) is 15.2 Å². The van der Waals surface area contributed by atoms with E-state index in [1.165, 1.54) is 4.57 Å². The highest BCUT2D eigenvalue weighted by atomic mass is 19.3. The molecule has 0 saturated carbocycles. The number of nitrogens with zero attached hydrogens (tertiary/aromatic N) is 9. The number of anilines is 1. The molecule has 1 aromatic carbocycles. The van der Waals surface area contributed by atoms with Gasteiger partial charge in [0.2, 0.25) is 17.9 Å². The molecular weight excluding hydrogens is 536 g/mol. The molecule has 15 heteroatoms. The van der Waals surface area contributed by atoms with Gasteiger partial charge in [-0.05, 0) is 25.1 Å². The third-order valence-corrected chi connectivity index (χ3v) is 7.25. The van der Waals surface area contributed by atoms with E-state index in [0.29, 0.717) is 55.8 Å². The summed E-state index contributed by atoms with van der Waals surface area (Å²) in [6, 6.07) is 6.87. The van der Waals surface area contributed by atoms with Gasteiger partial charge in [-0.15, -0.1) is 0 Å². The first-order valence-corrected chi connectivity index (χ1v) is 13.8. The summed E-state index contributed by atoms with van der Waals surface area (Å²) in [6.45, 7) is 7.31. The minimum Gasteiger partial charge on any atom is -0.379 e. The number of fused-ring (bicyclic) bond motifs is 1. The molecular formula is C26H33F2N11O2. The highest BCUT2D eigenvalue weighted by Crippen LogP contribution is 2.28. The van der Waals surface area contributed by atoms with E-state index in [-0.39, 0.29) is 18.3 Å². The molecule has 1 atom stereocenters. The molecule has 13 nitrogen and oxygen atoms in total. The summed E-state index contributed by atoms with van der Waals surface area (Å²) in [5.41, 5.74) is 6.36. The van der Waals surface area contributed by atoms with Crippen molar-refractivity contribution in [3.63, 3.8) is 0 Å². The lowest BCUT2D eigenvalue weighted by molar-refractivity contribution is 0.0376. The quantitative estimate of drug-likeness (QED) is 0.375. The maximum Gasteiger partial charge on any atom is 0.296 e. The second-order valence-electron chi connectivity index (χ2n) is 10.1. The number of aliphatic imine (C=N–C) groups is 2. The van der Waals surface area contributed by atoms with Crippen LogP contribution in [0.5, 0.6) is 0 Å². The summed E-state index contributed by atoms with van der Waals surface area (Å²) in [5, 5.41) is 3.25. The van der Waals surface area contributed by atoms with Crippen molar-refractivity contribution in [1.82, 2.24) is 34.7 Å². The fraction of sp³-hybridized carbons (Fsp3) is 0.538. The zero-order valence-corrected chi connectivity index (χ0v) is 22.6. The molecule has 2 fully saturated rings. The van der Waals surface area contributed by atoms with E-state index in [1.807, 2.05) is 4.90 Å². The number of morpholine rings is 2. The van der Waals surface area contributed by atoms with E-state index in [9.17, 15) is 8.78 Å². The Morgan fingerprint density at radius 1 is 0.951 bits per heavy atom. The van der Waals surface area contributed by atoms with Crippen molar-refractivity contribution < 1.29 is 18.3 Å². The van der Waals surface area contributed by atoms with E-state index in [0.717, 1.165) is 39.3 Å². The van der Waals surface area contributed by atoms with Gasteiger partial charge < -0.3 is 25.4 Å². The topological polar surface area (TPSA) is 144 Å². The Balaban J connectivity index is 1.26. The first kappa shape index (κ1) is 27.5. The Morgan fingerprint density at radius 3 is 2.41 bits per heavy atom. The van der Waals surface area contributed by atoms with Crippen molar-refractivity contribution in [2.45, 2.75) is 18.4 Å². The van der Waals surface area contributed by atoms with Gasteiger partial charge in [0.1, 0.15) is 5.54 Å². The minimum absolute atomic E-state index is 0.00901. The van der Waals surface area contributed by atoms with Gasteiger partial charge in [0.15, 0.2) is 11.6 Å². The Labute approximate surface area is 235 Å². The molecule has 2 saturated heterocycles. The number of nitrogens with two attached hydrogens (primary N) is 1. The van der Waals surface area contributed by atoms with E-state index in [2.05, 4.69) is 40.1 Å². The molecule has 5 heterocycles. The Bertz CT molecular complexity index is 1420. The highest BCUT2D eigenvalue weighted by molar-refractivity contribution is 5.93. The number of nitrogens with one attached hydrogen (secondary N) is 1. The SMILES string of the molecule is NC1(c2nc(N3CCOCC3)nc(-n3c(C(F)F)nc4ccccc43)n2)C=NC(NCCCN2CCOCC2)=NC1. The average Bonchev–Trinajstić information content (AvgIpc) is 3.41. The largest absolute Gasteiger partial charge is 0.379 e. The number of benzene rings is 1. The van der Waals surface area contributed by atoms with Crippen molar-refractivity contribution >= 4 is 29.2 Å². The standard InChI is InChI=1S/C26H33F2N11O2/c27-20(28)21-33-18-4-1-2-5-19(18)39(21)25-35-22(34-24(36-25)38-10-14-41-15-11-38)26(29)16-31-23(32-17-26)30-6-3-7-37-8-12-40-13-9-37/h1-2,4-5,16,20H,3,6-15,17,29H2,(H,30,32). The van der Waals surface area contributed by atoms with Crippen molar-refractivity contribution in [3.05, 3.63) is 35.9 Å². The van der Waals surface area contributed by atoms with Gasteiger partial charge in [0.25, 0.3) is 6.43 Å². The summed E-state index contributed by atoms with van der Waals surface area (Å²) in [7, 11) is 0. The van der Waals surface area contributed by atoms with Gasteiger partial charge in [0, 0.05) is 38.9 Å². The van der Waals surface area contributed by atoms with Crippen LogP contribution < -0.4 is 16.0 Å². The number of hydrogen-bond donors (Lipinski definition) is 2. The van der Waals surface area contributed by atoms with Crippen LogP contribution in [0.2, 0.25) is 0 Å². The predicted octanol–water partition coefficient (Wildman–Crippen LogP) is 0.891. The summed E-state index contributed by atoms with van der Waals surface area (Å²) < 4.78 is 40.4. The number of imidazole rings is 1. The number of para-hydroxylation sites is 2. The number of alkyl halides is 2. The summed E-state index contributed by atoms with van der Waals surface area (Å²) in [5.74, 6) is 0.536. The van der Waals surface area contributed by atoms with Gasteiger partial charge in [-0.25, -0.2) is 23.7 Å². The monoisotopic (exact) mass is 569 g/mol. The lowest BCUT2D eigenvalue weighted by Gasteiger charge is -2.30. The molecule has 0 aliphatic carbocycles. The smallest absolute Gasteiger partial charge is 0.296 e. The number of rotatable bonds is 8. The van der Waals surface area contributed by atoms with Crippen LogP contribution in [0.3, 0.4) is 0 Å². The maximum atomic E-state index is 14.2. The van der Waals surface area contributed by atoms with Crippen LogP contribution in [0.1, 0.15) is 24.5 Å². The molecule has 3 aromatic rings. The molecule has 0 amide bonds. The molecule has 1 unspecified atom stereocenters. The number of halogens is 2. The third kappa shape index (κ3) is 6.02. The van der Waals surface area contributed by atoms with Crippen LogP contribution in [0.4, 0.5) is 14.7 Å². The summed E-state index contributed by atoms with van der Waals surface area (Å²) in [4.78, 5) is 31.3. The Kier molecular flexibility index (Phi) is 8.09. The Morgan fingerprint density at radius 2 is 1.68 bits per heavy atom. The Hall–Kier alpha value is -3.66. The van der Waals surface area contributed by atoms with E-state index >= 15 is 0 Å². The molecule has 0 radical (unpaired) electrons. The number of aromatic nitrogens is 5. The summed E-state index contributed by atoms with van der Waals surface area (Å²) >= 11 is 0. The lowest BCUT2D eigenvalue weighted by Crippen LogP contribution is -2.47. The van der Waals surface area contributed by atoms with Crippen LogP contribution in [-0.4, -0.2) is 114 Å². The lowest BCUT2D eigenvalue weighted by atomic mass is 10.0. The fourth-order valence-corrected chi connectivity index (χ4v) is 4.99. The predicted molar refractivity (Wildman–Crippen MR) is 149 cm³/mol. The van der Waals surface area contributed by atoms with Gasteiger partial charge in [-0.2, -0.15) is 15.0 Å². The zero-order chi connectivity index (χ0) is 28.2. The van der Waals surface area contributed by atoms with E-state index in [1.54, 1.807) is 30.5 Å². The second kappa shape index (κ2) is 12.1. The van der Waals surface area contributed by atoms with Crippen LogP contribution >= 0.6 is 0 Å². The van der Waals surface area contributed by atoms with Crippen molar-refractivity contribution in [2.24, 2.45) is 15.7 Å². The van der Waals surface area contributed by atoms with Gasteiger partial charge in [-0.3, -0.25) is 9.47 Å². The van der Waals surface area contributed by atoms with Crippen LogP contribution in [0.15, 0.2) is 34.3 Å². The zero-order valence-electron chi connectivity index (χ0n) is 22.6. The first-order chi connectivity index (χ1) is 20.0. The molecule has 3 aliphatic rings. The average molecular weight is 570 g/mol. The minimum atomic E-state index is -2.85. The molecule has 218 valence electrons. The molecule has 3 aliphatic heterocycles. The number of guanidine groups is 1. The molecule has 2 aromatic heterocycles. The first-order valence-electron chi connectivity index (χ1n) is 13.8. The normalized spacial score (nSPS) is 22.0. The van der Waals surface area contributed by atoms with Crippen molar-refractivity contribution in [3.8, 4) is 5.95 Å². The van der Waals surface area contributed by atoms with E-state index < -0.39 is 17.8 Å². The molecule has 0 spiro atoms. The number of ether oxygens (including phenoxy) is 2. The summed E-state index contributed by atoms with van der Waals surface area (Å²) in [6.07, 6.45) is -0.348. The second-order valence-corrected chi connectivity index (χ2v) is 10.1. The molecule has 6 rings (SSSR count). The van der Waals surface area contributed by atoms with Gasteiger partial charge in [0.05, 0.1) is 44.0 Å². The number of hydrogen-bond acceptors (Lipinski definition) is 12. The van der Waals surface area contributed by atoms with Crippen LogP contribution in [0.25, 0.3) is 17.0 Å². The maximum absolute atomic E-state index is 14.2. The van der Waals surface area contributed by atoms with Gasteiger partial charge in [-0.1, -0.05) is 12.1 Å². The molecule has 3 N–H and O–H groups in total. The fourth-order valence-electron chi connectivity index (χ4n) is 4.99. The highest BCUT2D eigenvalue weighted by Gasteiger charge is 2.34. The van der Waals surface area contributed by atoms with Gasteiger partial charge >= 0.3 is 0 Å².